The largest absolute Gasteiger partial charge is 0.506 e. The van der Waals surface area contributed by atoms with Gasteiger partial charge in [0.25, 0.3) is 0 Å². The highest BCUT2D eigenvalue weighted by Gasteiger charge is 2.34. The number of rotatable bonds is 4. The number of methoxy groups -OCH3 is 2. The predicted octanol–water partition coefficient (Wildman–Crippen LogP) is 0.624. The average Bonchev–Trinajstić information content (AvgIpc) is 2.59. The third-order valence-corrected chi connectivity index (χ3v) is 3.42. The van der Waals surface area contributed by atoms with Gasteiger partial charge in [-0.15, -0.1) is 0 Å². The lowest BCUT2D eigenvalue weighted by Gasteiger charge is -2.31. The summed E-state index contributed by atoms with van der Waals surface area (Å²) in [6.07, 6.45) is 0. The Bertz CT molecular complexity index is 773. The van der Waals surface area contributed by atoms with E-state index in [4.69, 9.17) is 9.84 Å². The topological polar surface area (TPSA) is 123 Å². The molecule has 0 bridgehead atoms. The maximum absolute atomic E-state index is 13.7. The van der Waals surface area contributed by atoms with Crippen molar-refractivity contribution in [2.75, 3.05) is 32.5 Å². The van der Waals surface area contributed by atoms with E-state index in [0.29, 0.717) is 6.07 Å². The van der Waals surface area contributed by atoms with Gasteiger partial charge in [-0.25, -0.2) is 18.8 Å². The maximum Gasteiger partial charge on any atom is 0.355 e. The lowest BCUT2D eigenvalue weighted by Crippen LogP contribution is -2.39. The van der Waals surface area contributed by atoms with Crippen LogP contribution in [0.5, 0.6) is 5.75 Å². The number of nitrogens with zero attached hydrogens (tertiary/aromatic N) is 1. The number of phenols is 1. The van der Waals surface area contributed by atoms with E-state index in [-0.39, 0.29) is 30.3 Å². The van der Waals surface area contributed by atoms with Crippen LogP contribution in [0.25, 0.3) is 0 Å². The summed E-state index contributed by atoms with van der Waals surface area (Å²) in [6, 6.07) is 1.40. The molecule has 10 heteroatoms. The lowest BCUT2D eigenvalue weighted by molar-refractivity contribution is -0.140. The lowest BCUT2D eigenvalue weighted by atomic mass is 10.1. The van der Waals surface area contributed by atoms with Crippen LogP contribution in [-0.2, 0) is 23.8 Å². The normalized spacial score (nSPS) is 14.3. The zero-order valence-electron chi connectivity index (χ0n) is 13.2. The molecule has 0 amide bonds. The number of phenolic OH excluding ortho intramolecular Hbond substituents is 1. The number of halogens is 1. The molecule has 1 aliphatic rings. The molecule has 0 atom stereocenters. The van der Waals surface area contributed by atoms with Crippen LogP contribution >= 0.6 is 0 Å². The number of aromatic hydroxyl groups is 1. The number of hydrogen-bond acceptors (Lipinski definition) is 8. The Morgan fingerprint density at radius 3 is 2.40 bits per heavy atom. The second kappa shape index (κ2) is 7.18. The highest BCUT2D eigenvalue weighted by atomic mass is 19.1. The van der Waals surface area contributed by atoms with Gasteiger partial charge in [0.2, 0.25) is 0 Å². The van der Waals surface area contributed by atoms with E-state index in [1.165, 1.54) is 0 Å². The van der Waals surface area contributed by atoms with Gasteiger partial charge in [0, 0.05) is 6.07 Å². The van der Waals surface area contributed by atoms with Crippen molar-refractivity contribution in [2.45, 2.75) is 0 Å². The molecule has 0 aliphatic carbocycles. The van der Waals surface area contributed by atoms with Crippen molar-refractivity contribution in [2.24, 2.45) is 0 Å². The second-order valence-electron chi connectivity index (χ2n) is 4.84. The van der Waals surface area contributed by atoms with E-state index < -0.39 is 35.0 Å². The number of hydrogen-bond donors (Lipinski definition) is 2. The Kier molecular flexibility index (Phi) is 5.22. The summed E-state index contributed by atoms with van der Waals surface area (Å²) in [5.41, 5.74) is -1.48. The van der Waals surface area contributed by atoms with Crippen molar-refractivity contribution in [3.05, 3.63) is 34.8 Å². The van der Waals surface area contributed by atoms with Gasteiger partial charge in [0.05, 0.1) is 37.7 Å². The first-order valence-electron chi connectivity index (χ1n) is 6.82. The molecule has 1 heterocycles. The van der Waals surface area contributed by atoms with Crippen LogP contribution in [0.3, 0.4) is 0 Å². The number of ether oxygens (including phenoxy) is 3. The summed E-state index contributed by atoms with van der Waals surface area (Å²) in [7, 11) is 2.17. The van der Waals surface area contributed by atoms with Crippen LogP contribution in [0.4, 0.5) is 10.1 Å². The van der Waals surface area contributed by atoms with Crippen molar-refractivity contribution >= 4 is 23.6 Å². The van der Waals surface area contributed by atoms with E-state index in [1.807, 2.05) is 0 Å². The number of benzene rings is 1. The molecule has 1 aliphatic heterocycles. The first-order chi connectivity index (χ1) is 11.8. The van der Waals surface area contributed by atoms with Crippen molar-refractivity contribution in [3.8, 4) is 5.75 Å². The van der Waals surface area contributed by atoms with Gasteiger partial charge < -0.3 is 29.3 Å². The summed E-state index contributed by atoms with van der Waals surface area (Å²) in [4.78, 5) is 36.1. The number of anilines is 1. The predicted molar refractivity (Wildman–Crippen MR) is 79.4 cm³/mol. The van der Waals surface area contributed by atoms with Gasteiger partial charge in [-0.3, -0.25) is 0 Å². The van der Waals surface area contributed by atoms with E-state index in [1.54, 1.807) is 0 Å². The molecular formula is C15H14FNO8. The van der Waals surface area contributed by atoms with E-state index in [2.05, 4.69) is 9.47 Å². The molecule has 9 nitrogen and oxygen atoms in total. The third-order valence-electron chi connectivity index (χ3n) is 3.42. The van der Waals surface area contributed by atoms with Crippen molar-refractivity contribution in [3.63, 3.8) is 0 Å². The van der Waals surface area contributed by atoms with Crippen LogP contribution in [0.1, 0.15) is 10.4 Å². The minimum absolute atomic E-state index is 0.193. The molecule has 1 aromatic rings. The van der Waals surface area contributed by atoms with Crippen LogP contribution in [0.15, 0.2) is 23.4 Å². The van der Waals surface area contributed by atoms with Crippen molar-refractivity contribution in [1.82, 2.24) is 0 Å². The van der Waals surface area contributed by atoms with Crippen LogP contribution in [0, 0.1) is 5.82 Å². The highest BCUT2D eigenvalue weighted by molar-refractivity contribution is 6.04. The van der Waals surface area contributed by atoms with Crippen molar-refractivity contribution in [1.29, 1.82) is 0 Å². The maximum atomic E-state index is 13.7. The van der Waals surface area contributed by atoms with Crippen LogP contribution in [0.2, 0.25) is 0 Å². The SMILES string of the molecule is COC(=O)C1=C(C(=O)OC)N(c2cc(C(=O)O)c(F)cc2O)COC1. The summed E-state index contributed by atoms with van der Waals surface area (Å²) in [5.74, 6) is -5.20. The molecule has 0 spiro atoms. The number of carboxylic acid groups (broad SMARTS) is 1. The number of carboxylic acids is 1. The first kappa shape index (κ1) is 18.2. The van der Waals surface area contributed by atoms with Crippen LogP contribution < -0.4 is 4.90 Å². The molecule has 0 saturated heterocycles. The first-order valence-corrected chi connectivity index (χ1v) is 6.82. The molecule has 0 saturated carbocycles. The summed E-state index contributed by atoms with van der Waals surface area (Å²) in [5, 5.41) is 19.0. The van der Waals surface area contributed by atoms with E-state index >= 15 is 0 Å². The Balaban J connectivity index is 2.67. The number of esters is 2. The Morgan fingerprint density at radius 2 is 1.84 bits per heavy atom. The van der Waals surface area contributed by atoms with Gasteiger partial charge in [-0.1, -0.05) is 0 Å². The number of carbonyl (C=O) groups is 3. The number of carbonyl (C=O) groups excluding carboxylic acids is 2. The quantitative estimate of drug-likeness (QED) is 0.748. The summed E-state index contributed by atoms with van der Waals surface area (Å²) >= 11 is 0. The van der Waals surface area contributed by atoms with Gasteiger partial charge in [0.1, 0.15) is 24.0 Å². The highest BCUT2D eigenvalue weighted by Crippen LogP contribution is 2.35. The summed E-state index contributed by atoms with van der Waals surface area (Å²) in [6.45, 7) is -0.579. The molecular weight excluding hydrogens is 341 g/mol. The Morgan fingerprint density at radius 1 is 1.20 bits per heavy atom. The van der Waals surface area contributed by atoms with E-state index in [9.17, 15) is 23.9 Å². The molecule has 0 aromatic heterocycles. The molecule has 134 valence electrons. The van der Waals surface area contributed by atoms with Gasteiger partial charge in [-0.2, -0.15) is 0 Å². The van der Waals surface area contributed by atoms with Crippen LogP contribution in [-0.4, -0.2) is 55.7 Å². The molecule has 0 radical (unpaired) electrons. The van der Waals surface area contributed by atoms with Crippen molar-refractivity contribution < 1.29 is 43.2 Å². The van der Waals surface area contributed by atoms with Gasteiger partial charge in [0.15, 0.2) is 0 Å². The van der Waals surface area contributed by atoms with Gasteiger partial charge >= 0.3 is 17.9 Å². The minimum Gasteiger partial charge on any atom is -0.506 e. The molecule has 2 rings (SSSR count). The summed E-state index contributed by atoms with van der Waals surface area (Å²) < 4.78 is 28.1. The second-order valence-corrected chi connectivity index (χ2v) is 4.84. The zero-order valence-corrected chi connectivity index (χ0v) is 13.2. The monoisotopic (exact) mass is 355 g/mol. The Labute approximate surface area is 140 Å². The fourth-order valence-electron chi connectivity index (χ4n) is 2.27. The van der Waals surface area contributed by atoms with E-state index in [0.717, 1.165) is 25.2 Å². The molecule has 0 unspecified atom stereocenters. The standard InChI is InChI=1S/C15H14FNO8/c1-23-14(21)8-5-25-6-17(12(8)15(22)24-2)10-3-7(13(19)20)9(16)4-11(10)18/h3-4,18H,5-6H2,1-2H3,(H,19,20). The fraction of sp³-hybridized carbons (Fsp3) is 0.267. The fourth-order valence-corrected chi connectivity index (χ4v) is 2.27. The number of aromatic carboxylic acids is 1. The zero-order chi connectivity index (χ0) is 18.7. The molecule has 1 aromatic carbocycles. The third kappa shape index (κ3) is 3.38. The Hall–Kier alpha value is -3.14. The molecule has 2 N–H and O–H groups in total. The minimum atomic E-state index is -1.58. The average molecular weight is 355 g/mol. The smallest absolute Gasteiger partial charge is 0.355 e. The molecule has 0 fully saturated rings. The van der Waals surface area contributed by atoms with Gasteiger partial charge in [-0.05, 0) is 6.07 Å². The molecule has 25 heavy (non-hydrogen) atoms.